The summed E-state index contributed by atoms with van der Waals surface area (Å²) in [6.07, 6.45) is 3.62. The highest BCUT2D eigenvalue weighted by Gasteiger charge is 1.96. The molecule has 0 radical (unpaired) electrons. The number of nitrogens with one attached hydrogen (secondary N) is 1. The van der Waals surface area contributed by atoms with Gasteiger partial charge in [0.05, 0.1) is 0 Å². The van der Waals surface area contributed by atoms with E-state index >= 15 is 0 Å². The summed E-state index contributed by atoms with van der Waals surface area (Å²) >= 11 is 3.25. The number of amides is 1. The molecule has 0 aliphatic heterocycles. The fourth-order valence-corrected chi connectivity index (χ4v) is 1.38. The normalized spacial score (nSPS) is 9.93. The molecule has 1 aromatic rings. The topological polar surface area (TPSA) is 80.9 Å². The summed E-state index contributed by atoms with van der Waals surface area (Å²) in [5.74, 6) is 0.524. The van der Waals surface area contributed by atoms with E-state index in [0.29, 0.717) is 6.42 Å². The SMILES string of the molecule is NC(=O)CCCCNc1cc(Br)ncn1. The van der Waals surface area contributed by atoms with Crippen LogP contribution >= 0.6 is 15.9 Å². The maximum Gasteiger partial charge on any atom is 0.217 e. The van der Waals surface area contributed by atoms with Crippen LogP contribution in [0.25, 0.3) is 0 Å². The molecule has 0 atom stereocenters. The number of primary amides is 1. The number of rotatable bonds is 6. The number of hydrogen-bond acceptors (Lipinski definition) is 4. The van der Waals surface area contributed by atoms with Gasteiger partial charge in [-0.15, -0.1) is 0 Å². The number of nitrogens with two attached hydrogens (primary N) is 1. The highest BCUT2D eigenvalue weighted by Crippen LogP contribution is 2.09. The Hall–Kier alpha value is -1.17. The van der Waals surface area contributed by atoms with E-state index in [9.17, 15) is 4.79 Å². The fourth-order valence-electron chi connectivity index (χ4n) is 1.07. The van der Waals surface area contributed by atoms with Crippen molar-refractivity contribution in [1.29, 1.82) is 0 Å². The van der Waals surface area contributed by atoms with Crippen LogP contribution in [0.15, 0.2) is 17.0 Å². The fraction of sp³-hybridized carbons (Fsp3) is 0.444. The molecule has 1 amide bonds. The average molecular weight is 273 g/mol. The van der Waals surface area contributed by atoms with E-state index in [1.807, 2.05) is 0 Å². The zero-order chi connectivity index (χ0) is 11.1. The van der Waals surface area contributed by atoms with E-state index in [4.69, 9.17) is 5.73 Å². The molecule has 3 N–H and O–H groups in total. The lowest BCUT2D eigenvalue weighted by Crippen LogP contribution is -2.11. The number of unbranched alkanes of at least 4 members (excludes halogenated alkanes) is 1. The zero-order valence-electron chi connectivity index (χ0n) is 8.24. The van der Waals surface area contributed by atoms with E-state index in [1.54, 1.807) is 6.07 Å². The molecule has 0 unspecified atom stereocenters. The van der Waals surface area contributed by atoms with Crippen LogP contribution in [-0.4, -0.2) is 22.4 Å². The Morgan fingerprint density at radius 2 is 2.27 bits per heavy atom. The number of carbonyl (C=O) groups is 1. The minimum Gasteiger partial charge on any atom is -0.370 e. The Morgan fingerprint density at radius 1 is 1.47 bits per heavy atom. The Balaban J connectivity index is 2.17. The molecule has 6 heteroatoms. The van der Waals surface area contributed by atoms with Gasteiger partial charge in [0.1, 0.15) is 16.7 Å². The van der Waals surface area contributed by atoms with Gasteiger partial charge >= 0.3 is 0 Å². The van der Waals surface area contributed by atoms with Crippen molar-refractivity contribution < 1.29 is 4.79 Å². The van der Waals surface area contributed by atoms with Crippen molar-refractivity contribution in [2.75, 3.05) is 11.9 Å². The summed E-state index contributed by atoms with van der Waals surface area (Å²) in [5, 5.41) is 3.13. The minimum absolute atomic E-state index is 0.250. The van der Waals surface area contributed by atoms with Gasteiger partial charge in [-0.2, -0.15) is 0 Å². The van der Waals surface area contributed by atoms with Crippen molar-refractivity contribution in [2.24, 2.45) is 5.73 Å². The Morgan fingerprint density at radius 3 is 2.93 bits per heavy atom. The molecular formula is C9H13BrN4O. The largest absolute Gasteiger partial charge is 0.370 e. The van der Waals surface area contributed by atoms with E-state index < -0.39 is 0 Å². The smallest absolute Gasteiger partial charge is 0.217 e. The summed E-state index contributed by atoms with van der Waals surface area (Å²) in [5.41, 5.74) is 5.02. The van der Waals surface area contributed by atoms with Crippen molar-refractivity contribution in [1.82, 2.24) is 9.97 Å². The molecule has 1 heterocycles. The first kappa shape index (κ1) is 11.9. The van der Waals surface area contributed by atoms with Crippen LogP contribution in [0, 0.1) is 0 Å². The summed E-state index contributed by atoms with van der Waals surface area (Å²) in [4.78, 5) is 18.4. The van der Waals surface area contributed by atoms with Crippen LogP contribution < -0.4 is 11.1 Å². The van der Waals surface area contributed by atoms with Crippen molar-refractivity contribution in [2.45, 2.75) is 19.3 Å². The molecule has 0 saturated carbocycles. The van der Waals surface area contributed by atoms with Gasteiger partial charge in [-0.25, -0.2) is 9.97 Å². The number of aromatic nitrogens is 2. The maximum absolute atomic E-state index is 10.5. The lowest BCUT2D eigenvalue weighted by Gasteiger charge is -2.04. The molecule has 0 bridgehead atoms. The number of carbonyl (C=O) groups excluding carboxylic acids is 1. The molecule has 5 nitrogen and oxygen atoms in total. The quantitative estimate of drug-likeness (QED) is 0.604. The van der Waals surface area contributed by atoms with Gasteiger partial charge < -0.3 is 11.1 Å². The molecule has 1 rings (SSSR count). The van der Waals surface area contributed by atoms with Crippen molar-refractivity contribution in [3.05, 3.63) is 17.0 Å². The number of hydrogen-bond donors (Lipinski definition) is 2. The third kappa shape index (κ3) is 5.31. The van der Waals surface area contributed by atoms with Crippen molar-refractivity contribution >= 4 is 27.7 Å². The van der Waals surface area contributed by atoms with Crippen molar-refractivity contribution in [3.8, 4) is 0 Å². The third-order valence-electron chi connectivity index (χ3n) is 1.79. The highest BCUT2D eigenvalue weighted by molar-refractivity contribution is 9.10. The first-order valence-electron chi connectivity index (χ1n) is 4.68. The second kappa shape index (κ2) is 6.34. The van der Waals surface area contributed by atoms with E-state index in [0.717, 1.165) is 29.8 Å². The van der Waals surface area contributed by atoms with Crippen molar-refractivity contribution in [3.63, 3.8) is 0 Å². The van der Waals surface area contributed by atoms with E-state index in [2.05, 4.69) is 31.2 Å². The molecule has 1 aromatic heterocycles. The second-order valence-electron chi connectivity index (χ2n) is 3.08. The molecule has 0 aromatic carbocycles. The summed E-state index contributed by atoms with van der Waals surface area (Å²) in [6, 6.07) is 1.80. The molecule has 0 aliphatic carbocycles. The van der Waals surface area contributed by atoms with Crippen LogP contribution in [0.1, 0.15) is 19.3 Å². The lowest BCUT2D eigenvalue weighted by molar-refractivity contribution is -0.118. The van der Waals surface area contributed by atoms with Gasteiger partial charge in [0, 0.05) is 19.0 Å². The van der Waals surface area contributed by atoms with Gasteiger partial charge in [-0.1, -0.05) is 0 Å². The molecule has 0 saturated heterocycles. The third-order valence-corrected chi connectivity index (χ3v) is 2.22. The molecule has 0 fully saturated rings. The minimum atomic E-state index is -0.250. The monoisotopic (exact) mass is 272 g/mol. The Labute approximate surface area is 96.6 Å². The standard InChI is InChI=1S/C9H13BrN4O/c10-7-5-9(14-6-13-7)12-4-2-1-3-8(11)15/h5-6H,1-4H2,(H2,11,15)(H,12,13,14). The zero-order valence-corrected chi connectivity index (χ0v) is 9.83. The molecule has 0 aliphatic rings. The van der Waals surface area contributed by atoms with Crippen LogP contribution in [0.4, 0.5) is 5.82 Å². The molecular weight excluding hydrogens is 260 g/mol. The van der Waals surface area contributed by atoms with Crippen LogP contribution in [0.5, 0.6) is 0 Å². The number of anilines is 1. The average Bonchev–Trinajstić information content (AvgIpc) is 2.17. The maximum atomic E-state index is 10.5. The van der Waals surface area contributed by atoms with Crippen LogP contribution in [-0.2, 0) is 4.79 Å². The van der Waals surface area contributed by atoms with E-state index in [-0.39, 0.29) is 5.91 Å². The van der Waals surface area contributed by atoms with Gasteiger partial charge in [0.15, 0.2) is 0 Å². The Kier molecular flexibility index (Phi) is 5.03. The molecule has 15 heavy (non-hydrogen) atoms. The second-order valence-corrected chi connectivity index (χ2v) is 3.89. The number of nitrogens with zero attached hydrogens (tertiary/aromatic N) is 2. The van der Waals surface area contributed by atoms with Crippen LogP contribution in [0.2, 0.25) is 0 Å². The van der Waals surface area contributed by atoms with Gasteiger partial charge in [0.25, 0.3) is 0 Å². The predicted octanol–water partition coefficient (Wildman–Crippen LogP) is 1.31. The van der Waals surface area contributed by atoms with Crippen LogP contribution in [0.3, 0.4) is 0 Å². The predicted molar refractivity (Wildman–Crippen MR) is 61.3 cm³/mol. The first-order valence-corrected chi connectivity index (χ1v) is 5.47. The number of halogens is 1. The lowest BCUT2D eigenvalue weighted by atomic mass is 10.2. The molecule has 0 spiro atoms. The highest BCUT2D eigenvalue weighted by atomic mass is 79.9. The van der Waals surface area contributed by atoms with Gasteiger partial charge in [-0.05, 0) is 28.8 Å². The molecule has 82 valence electrons. The first-order chi connectivity index (χ1) is 7.18. The Bertz CT molecular complexity index is 332. The summed E-state index contributed by atoms with van der Waals surface area (Å²) in [6.45, 7) is 0.775. The van der Waals surface area contributed by atoms with Gasteiger partial charge in [0.2, 0.25) is 5.91 Å². The summed E-state index contributed by atoms with van der Waals surface area (Å²) in [7, 11) is 0. The summed E-state index contributed by atoms with van der Waals surface area (Å²) < 4.78 is 0.747. The van der Waals surface area contributed by atoms with Gasteiger partial charge in [-0.3, -0.25) is 4.79 Å². The van der Waals surface area contributed by atoms with E-state index in [1.165, 1.54) is 6.33 Å².